The Morgan fingerprint density at radius 2 is 2.25 bits per heavy atom. The van der Waals surface area contributed by atoms with E-state index in [0.717, 1.165) is 5.40 Å². The molecule has 0 atom stereocenters. The number of hydrogen-bond donors (Lipinski definition) is 0. The first-order valence-corrected chi connectivity index (χ1v) is 2.27. The molecular weight excluding hydrogens is 139 g/mol. The summed E-state index contributed by atoms with van der Waals surface area (Å²) in [5.74, 6) is 0. The predicted molar refractivity (Wildman–Crippen MR) is 24.1 cm³/mol. The Hall–Kier alpha value is -0.370. The lowest BCUT2D eigenvalue weighted by Gasteiger charge is -1.98. The molecule has 0 rings (SSSR count). The molecule has 0 spiro atoms. The Morgan fingerprint density at radius 3 is 2.38 bits per heavy atom. The number of nitrogens with zero attached hydrogens (tertiary/aromatic N) is 1. The van der Waals surface area contributed by atoms with Crippen LogP contribution in [0.25, 0.3) is 0 Å². The second kappa shape index (κ2) is 2.82. The van der Waals surface area contributed by atoms with Crippen molar-refractivity contribution >= 4 is 11.8 Å². The lowest BCUT2D eigenvalue weighted by molar-refractivity contribution is -0.105. The van der Waals surface area contributed by atoms with Crippen LogP contribution in [0.5, 0.6) is 0 Å². The minimum atomic E-state index is -4.98. The fourth-order valence-corrected chi connectivity index (χ4v) is 0.242. The minimum Gasteiger partial charge on any atom is -0.185 e. The third kappa shape index (κ3) is 5.63. The summed E-state index contributed by atoms with van der Waals surface area (Å²) in [6.45, 7) is 0. The molecule has 0 aromatic heterocycles. The zero-order chi connectivity index (χ0) is 8.41. The van der Waals surface area contributed by atoms with Crippen molar-refractivity contribution in [3.8, 4) is 5.40 Å². The first-order valence-electron chi connectivity index (χ1n) is 2.45. The highest BCUT2D eigenvalue weighted by atomic mass is 32.2. The molecule has 0 heterocycles. The SMILES string of the molecule is [2H]C([2H])(SC#N)C(F)(F)F. The van der Waals surface area contributed by atoms with E-state index in [-0.39, 0.29) is 0 Å². The highest BCUT2D eigenvalue weighted by Gasteiger charge is 2.26. The molecule has 0 fully saturated rings. The lowest BCUT2D eigenvalue weighted by Crippen LogP contribution is -2.09. The second-order valence-electron chi connectivity index (χ2n) is 0.793. The van der Waals surface area contributed by atoms with Crippen LogP contribution in [0.2, 0.25) is 0 Å². The Labute approximate surface area is 51.3 Å². The van der Waals surface area contributed by atoms with Gasteiger partial charge in [-0.2, -0.15) is 18.4 Å². The molecule has 0 bridgehead atoms. The van der Waals surface area contributed by atoms with E-state index in [1.807, 2.05) is 0 Å². The fraction of sp³-hybridized carbons (Fsp3) is 0.667. The smallest absolute Gasteiger partial charge is 0.185 e. The van der Waals surface area contributed by atoms with Crippen LogP contribution in [0, 0.1) is 10.7 Å². The first-order chi connectivity index (χ1) is 4.31. The quantitative estimate of drug-likeness (QED) is 0.522. The first kappa shape index (κ1) is 4.50. The number of nitriles is 1. The molecule has 46 valence electrons. The van der Waals surface area contributed by atoms with Crippen molar-refractivity contribution in [1.29, 1.82) is 5.26 Å². The minimum absolute atomic E-state index is 0.446. The zero-order valence-corrected chi connectivity index (χ0v) is 4.31. The van der Waals surface area contributed by atoms with Crippen molar-refractivity contribution in [2.24, 2.45) is 0 Å². The number of alkyl halides is 3. The Bertz CT molecular complexity index is 160. The van der Waals surface area contributed by atoms with E-state index in [0.29, 0.717) is 0 Å². The molecule has 5 heteroatoms. The molecule has 0 amide bonds. The monoisotopic (exact) mass is 143 g/mol. The molecule has 1 nitrogen and oxygen atoms in total. The molecule has 0 aliphatic rings. The normalized spacial score (nSPS) is 16.2. The van der Waals surface area contributed by atoms with E-state index in [4.69, 9.17) is 8.00 Å². The van der Waals surface area contributed by atoms with Crippen LogP contribution in [0.3, 0.4) is 0 Å². The van der Waals surface area contributed by atoms with Gasteiger partial charge in [0.2, 0.25) is 0 Å². The number of hydrogen-bond acceptors (Lipinski definition) is 2. The Balaban J connectivity index is 4.28. The van der Waals surface area contributed by atoms with Gasteiger partial charge in [0.15, 0.2) is 0 Å². The van der Waals surface area contributed by atoms with Crippen LogP contribution in [0.4, 0.5) is 13.2 Å². The van der Waals surface area contributed by atoms with Gasteiger partial charge in [-0.15, -0.1) is 0 Å². The van der Waals surface area contributed by atoms with E-state index in [2.05, 4.69) is 0 Å². The van der Waals surface area contributed by atoms with Crippen LogP contribution in [0.1, 0.15) is 2.74 Å². The van der Waals surface area contributed by atoms with E-state index >= 15 is 0 Å². The number of thioether (sulfide) groups is 1. The third-order valence-corrected chi connectivity index (χ3v) is 0.637. The van der Waals surface area contributed by atoms with Crippen molar-refractivity contribution in [1.82, 2.24) is 0 Å². The summed E-state index contributed by atoms with van der Waals surface area (Å²) < 4.78 is 46.9. The zero-order valence-electron chi connectivity index (χ0n) is 5.49. The average molecular weight is 143 g/mol. The Morgan fingerprint density at radius 1 is 1.75 bits per heavy atom. The van der Waals surface area contributed by atoms with Gasteiger partial charge in [0.1, 0.15) is 11.1 Å². The highest BCUT2D eigenvalue weighted by molar-refractivity contribution is 8.03. The number of rotatable bonds is 1. The molecule has 8 heavy (non-hydrogen) atoms. The molecule has 0 saturated carbocycles. The summed E-state index contributed by atoms with van der Waals surface area (Å²) in [7, 11) is 0. The van der Waals surface area contributed by atoms with Gasteiger partial charge in [0.05, 0.1) is 0 Å². The number of halogens is 3. The van der Waals surface area contributed by atoms with Gasteiger partial charge in [-0.05, 0) is 11.8 Å². The molecule has 0 aliphatic carbocycles. The third-order valence-electron chi connectivity index (χ3n) is 0.212. The van der Waals surface area contributed by atoms with Gasteiger partial charge >= 0.3 is 6.18 Å². The van der Waals surface area contributed by atoms with Gasteiger partial charge in [0, 0.05) is 2.74 Å². The van der Waals surface area contributed by atoms with Gasteiger partial charge in [-0.3, -0.25) is 0 Å². The van der Waals surface area contributed by atoms with Crippen LogP contribution in [0.15, 0.2) is 0 Å². The maximum atomic E-state index is 11.5. The molecule has 0 unspecified atom stereocenters. The molecule has 0 radical (unpaired) electrons. The summed E-state index contributed by atoms with van der Waals surface area (Å²) in [4.78, 5) is 0. The maximum absolute atomic E-state index is 11.5. The highest BCUT2D eigenvalue weighted by Crippen LogP contribution is 2.19. The van der Waals surface area contributed by atoms with Crippen molar-refractivity contribution in [3.05, 3.63) is 0 Å². The van der Waals surface area contributed by atoms with Crippen LogP contribution in [-0.4, -0.2) is 11.9 Å². The van der Waals surface area contributed by atoms with E-state index < -0.39 is 23.6 Å². The average Bonchev–Trinajstić information content (AvgIpc) is 1.61. The van der Waals surface area contributed by atoms with Crippen molar-refractivity contribution in [2.75, 3.05) is 5.70 Å². The summed E-state index contributed by atoms with van der Waals surface area (Å²) in [5.41, 5.74) is -3.46. The summed E-state index contributed by atoms with van der Waals surface area (Å²) in [5, 5.41) is 8.77. The summed E-state index contributed by atoms with van der Waals surface area (Å²) >= 11 is -0.446. The fourth-order valence-electron chi connectivity index (χ4n) is 0.0807. The maximum Gasteiger partial charge on any atom is 0.398 e. The summed E-state index contributed by atoms with van der Waals surface area (Å²) in [6.07, 6.45) is -4.98. The van der Waals surface area contributed by atoms with E-state index in [1.165, 1.54) is 0 Å². The van der Waals surface area contributed by atoms with Crippen molar-refractivity contribution in [2.45, 2.75) is 6.18 Å². The second-order valence-corrected chi connectivity index (χ2v) is 1.38. The molecule has 0 aromatic carbocycles. The van der Waals surface area contributed by atoms with Gasteiger partial charge in [0.25, 0.3) is 0 Å². The topological polar surface area (TPSA) is 23.8 Å². The van der Waals surface area contributed by atoms with E-state index in [9.17, 15) is 13.2 Å². The lowest BCUT2D eigenvalue weighted by atomic mass is 10.8. The van der Waals surface area contributed by atoms with Gasteiger partial charge in [-0.25, -0.2) is 0 Å². The van der Waals surface area contributed by atoms with Crippen molar-refractivity contribution in [3.63, 3.8) is 0 Å². The van der Waals surface area contributed by atoms with Gasteiger partial charge in [-0.1, -0.05) is 0 Å². The number of thiocyanates is 1. The molecule has 0 aromatic rings. The van der Waals surface area contributed by atoms with Gasteiger partial charge < -0.3 is 0 Å². The Kier molecular flexibility index (Phi) is 1.59. The van der Waals surface area contributed by atoms with Crippen LogP contribution >= 0.6 is 11.8 Å². The predicted octanol–water partition coefficient (Wildman–Crippen LogP) is 1.76. The van der Waals surface area contributed by atoms with Crippen LogP contribution in [-0.2, 0) is 0 Å². The van der Waals surface area contributed by atoms with Crippen LogP contribution < -0.4 is 0 Å². The summed E-state index contributed by atoms with van der Waals surface area (Å²) in [6, 6.07) is 0. The molecule has 0 N–H and O–H groups in total. The molecular formula is C3H2F3NS. The van der Waals surface area contributed by atoms with E-state index in [1.54, 1.807) is 0 Å². The molecule has 0 aliphatic heterocycles. The van der Waals surface area contributed by atoms with Crippen molar-refractivity contribution < 1.29 is 15.9 Å². The largest absolute Gasteiger partial charge is 0.398 e. The standard InChI is InChI=1S/C3H2F3NS/c4-3(5,6)1-8-2-7/h1H2/i1D2. The molecule has 0 saturated heterocycles.